The first-order chi connectivity index (χ1) is 5.79. The first-order valence-corrected chi connectivity index (χ1v) is 4.67. The van der Waals surface area contributed by atoms with Crippen molar-refractivity contribution in [3.05, 3.63) is 34.3 Å². The van der Waals surface area contributed by atoms with Crippen LogP contribution in [0.2, 0.25) is 5.02 Å². The van der Waals surface area contributed by atoms with Gasteiger partial charge in [-0.05, 0) is 42.0 Å². The van der Waals surface area contributed by atoms with Crippen molar-refractivity contribution in [2.45, 2.75) is 25.3 Å². The lowest BCUT2D eigenvalue weighted by Gasteiger charge is -2.02. The smallest absolute Gasteiger partial charge is 0.0412 e. The van der Waals surface area contributed by atoms with E-state index in [9.17, 15) is 0 Å². The number of hydrogen-bond acceptors (Lipinski definition) is 1. The Bertz CT molecular complexity index is 292. The topological polar surface area (TPSA) is 26.0 Å². The van der Waals surface area contributed by atoms with E-state index >= 15 is 0 Å². The van der Waals surface area contributed by atoms with Crippen molar-refractivity contribution in [2.75, 3.05) is 0 Å². The van der Waals surface area contributed by atoms with Gasteiger partial charge in [-0.1, -0.05) is 17.7 Å². The third kappa shape index (κ3) is 1.62. The monoisotopic (exact) mass is 181 g/mol. The molecular weight excluding hydrogens is 170 g/mol. The molecule has 0 bridgehead atoms. The zero-order valence-corrected chi connectivity index (χ0v) is 7.64. The van der Waals surface area contributed by atoms with Gasteiger partial charge in [0, 0.05) is 11.6 Å². The highest BCUT2D eigenvalue weighted by molar-refractivity contribution is 6.30. The first-order valence-electron chi connectivity index (χ1n) is 4.29. The van der Waals surface area contributed by atoms with Gasteiger partial charge in [0.1, 0.15) is 0 Å². The van der Waals surface area contributed by atoms with Crippen LogP contribution in [0.4, 0.5) is 0 Å². The second-order valence-electron chi connectivity index (χ2n) is 3.37. The molecule has 2 N–H and O–H groups in total. The highest BCUT2D eigenvalue weighted by atomic mass is 35.5. The maximum atomic E-state index is 5.95. The molecule has 12 heavy (non-hydrogen) atoms. The maximum Gasteiger partial charge on any atom is 0.0412 e. The number of benzene rings is 1. The molecular formula is C10H12ClN. The van der Waals surface area contributed by atoms with Crippen LogP contribution < -0.4 is 5.73 Å². The minimum atomic E-state index is 0.584. The molecule has 0 spiro atoms. The van der Waals surface area contributed by atoms with Crippen molar-refractivity contribution >= 4 is 11.6 Å². The molecule has 2 heteroatoms. The molecule has 1 aromatic carbocycles. The summed E-state index contributed by atoms with van der Waals surface area (Å²) in [7, 11) is 0. The normalized spacial score (nSPS) is 16.5. The predicted octanol–water partition coefficient (Wildman–Crippen LogP) is 2.68. The molecule has 0 aliphatic heterocycles. The lowest BCUT2D eigenvalue weighted by Crippen LogP contribution is -1.96. The Kier molecular flexibility index (Phi) is 2.07. The van der Waals surface area contributed by atoms with E-state index in [0.717, 1.165) is 16.5 Å². The van der Waals surface area contributed by atoms with Gasteiger partial charge in [-0.2, -0.15) is 0 Å². The van der Waals surface area contributed by atoms with Gasteiger partial charge in [0.05, 0.1) is 0 Å². The Labute approximate surface area is 77.5 Å². The predicted molar refractivity (Wildman–Crippen MR) is 51.3 cm³/mol. The summed E-state index contributed by atoms with van der Waals surface area (Å²) < 4.78 is 0. The number of hydrogen-bond donors (Lipinski definition) is 1. The summed E-state index contributed by atoms with van der Waals surface area (Å²) in [5, 5.41) is 0.819. The fourth-order valence-corrected chi connectivity index (χ4v) is 1.71. The largest absolute Gasteiger partial charge is 0.326 e. The number of halogens is 1. The molecule has 1 aromatic rings. The van der Waals surface area contributed by atoms with Crippen molar-refractivity contribution in [1.82, 2.24) is 0 Å². The highest BCUT2D eigenvalue weighted by Crippen LogP contribution is 2.41. The van der Waals surface area contributed by atoms with Gasteiger partial charge in [0.2, 0.25) is 0 Å². The lowest BCUT2D eigenvalue weighted by atomic mass is 10.1. The summed E-state index contributed by atoms with van der Waals surface area (Å²) >= 11 is 5.95. The summed E-state index contributed by atoms with van der Waals surface area (Å²) in [6.07, 6.45) is 2.62. The van der Waals surface area contributed by atoms with Crippen LogP contribution in [0.15, 0.2) is 18.2 Å². The molecule has 1 saturated carbocycles. The zero-order chi connectivity index (χ0) is 8.55. The summed E-state index contributed by atoms with van der Waals surface area (Å²) in [4.78, 5) is 0. The Morgan fingerprint density at radius 1 is 1.33 bits per heavy atom. The summed E-state index contributed by atoms with van der Waals surface area (Å²) in [6, 6.07) is 6.16. The molecule has 0 atom stereocenters. The molecule has 0 unspecified atom stereocenters. The van der Waals surface area contributed by atoms with Crippen LogP contribution in [-0.2, 0) is 6.54 Å². The van der Waals surface area contributed by atoms with Crippen LogP contribution in [0, 0.1) is 0 Å². The fourth-order valence-electron chi connectivity index (χ4n) is 1.45. The van der Waals surface area contributed by atoms with Crippen LogP contribution in [0.5, 0.6) is 0 Å². The van der Waals surface area contributed by atoms with E-state index in [1.807, 2.05) is 6.07 Å². The first kappa shape index (κ1) is 8.09. The lowest BCUT2D eigenvalue weighted by molar-refractivity contribution is 1.04. The van der Waals surface area contributed by atoms with Crippen molar-refractivity contribution < 1.29 is 0 Å². The van der Waals surface area contributed by atoms with Gasteiger partial charge in [-0.15, -0.1) is 0 Å². The molecule has 0 aromatic heterocycles. The van der Waals surface area contributed by atoms with E-state index in [-0.39, 0.29) is 0 Å². The van der Waals surface area contributed by atoms with Gasteiger partial charge in [0.15, 0.2) is 0 Å². The fraction of sp³-hybridized carbons (Fsp3) is 0.400. The molecule has 2 rings (SSSR count). The second kappa shape index (κ2) is 3.08. The molecule has 0 amide bonds. The molecule has 1 nitrogen and oxygen atoms in total. The second-order valence-corrected chi connectivity index (χ2v) is 3.81. The molecule has 1 aliphatic carbocycles. The van der Waals surface area contributed by atoms with Crippen molar-refractivity contribution in [3.63, 3.8) is 0 Å². The van der Waals surface area contributed by atoms with E-state index in [1.54, 1.807) is 0 Å². The van der Waals surface area contributed by atoms with Crippen LogP contribution in [0.25, 0.3) is 0 Å². The van der Waals surface area contributed by atoms with E-state index in [0.29, 0.717) is 6.54 Å². The van der Waals surface area contributed by atoms with Crippen LogP contribution >= 0.6 is 11.6 Å². The van der Waals surface area contributed by atoms with E-state index in [1.165, 1.54) is 18.4 Å². The summed E-state index contributed by atoms with van der Waals surface area (Å²) in [6.45, 7) is 0.584. The summed E-state index contributed by atoms with van der Waals surface area (Å²) in [5.74, 6) is 0.758. The maximum absolute atomic E-state index is 5.95. The van der Waals surface area contributed by atoms with Gasteiger partial charge in [-0.3, -0.25) is 0 Å². The Morgan fingerprint density at radius 3 is 2.67 bits per heavy atom. The quantitative estimate of drug-likeness (QED) is 0.746. The van der Waals surface area contributed by atoms with Crippen LogP contribution in [0.3, 0.4) is 0 Å². The van der Waals surface area contributed by atoms with Crippen LogP contribution in [0.1, 0.15) is 29.9 Å². The number of rotatable bonds is 2. The van der Waals surface area contributed by atoms with Gasteiger partial charge in [-0.25, -0.2) is 0 Å². The highest BCUT2D eigenvalue weighted by Gasteiger charge is 2.23. The van der Waals surface area contributed by atoms with Gasteiger partial charge in [0.25, 0.3) is 0 Å². The average molecular weight is 182 g/mol. The zero-order valence-electron chi connectivity index (χ0n) is 6.89. The molecule has 0 saturated heterocycles. The Hall–Kier alpha value is -0.530. The van der Waals surface area contributed by atoms with Crippen molar-refractivity contribution in [3.8, 4) is 0 Å². The minimum absolute atomic E-state index is 0.584. The Morgan fingerprint density at radius 2 is 2.08 bits per heavy atom. The van der Waals surface area contributed by atoms with E-state index in [2.05, 4.69) is 12.1 Å². The summed E-state index contributed by atoms with van der Waals surface area (Å²) in [5.41, 5.74) is 8.06. The van der Waals surface area contributed by atoms with Crippen LogP contribution in [-0.4, -0.2) is 0 Å². The van der Waals surface area contributed by atoms with Gasteiger partial charge >= 0.3 is 0 Å². The average Bonchev–Trinajstić information content (AvgIpc) is 2.85. The van der Waals surface area contributed by atoms with E-state index < -0.39 is 0 Å². The molecule has 64 valence electrons. The molecule has 1 fully saturated rings. The third-order valence-corrected chi connectivity index (χ3v) is 2.48. The number of nitrogens with two attached hydrogens (primary N) is 1. The molecule has 0 heterocycles. The Balaban J connectivity index is 2.34. The van der Waals surface area contributed by atoms with E-state index in [4.69, 9.17) is 17.3 Å². The SMILES string of the molecule is NCc1cc(Cl)cc(C2CC2)c1. The molecule has 0 radical (unpaired) electrons. The standard InChI is InChI=1S/C10H12ClN/c11-10-4-7(6-12)3-9(5-10)8-1-2-8/h3-5,8H,1-2,6,12H2. The molecule has 1 aliphatic rings. The third-order valence-electron chi connectivity index (χ3n) is 2.26. The van der Waals surface area contributed by atoms with Crippen molar-refractivity contribution in [1.29, 1.82) is 0 Å². The van der Waals surface area contributed by atoms with Gasteiger partial charge < -0.3 is 5.73 Å². The van der Waals surface area contributed by atoms with Crippen molar-refractivity contribution in [2.24, 2.45) is 5.73 Å². The minimum Gasteiger partial charge on any atom is -0.326 e.